The first-order chi connectivity index (χ1) is 13.4. The Kier molecular flexibility index (Phi) is 4.55. The van der Waals surface area contributed by atoms with Gasteiger partial charge in [-0.05, 0) is 51.0 Å². The van der Waals surface area contributed by atoms with Crippen molar-refractivity contribution in [2.75, 3.05) is 5.75 Å². The van der Waals surface area contributed by atoms with Crippen molar-refractivity contribution in [2.24, 2.45) is 0 Å². The number of ketones is 2. The van der Waals surface area contributed by atoms with Gasteiger partial charge in [0.05, 0.1) is 17.0 Å². The fourth-order valence-corrected chi connectivity index (χ4v) is 4.55. The molecule has 0 radical (unpaired) electrons. The maximum Gasteiger partial charge on any atom is 0.196 e. The Morgan fingerprint density at radius 1 is 1.14 bits per heavy atom. The van der Waals surface area contributed by atoms with Crippen LogP contribution in [0.15, 0.2) is 35.5 Å². The Labute approximate surface area is 166 Å². The predicted molar refractivity (Wildman–Crippen MR) is 111 cm³/mol. The van der Waals surface area contributed by atoms with E-state index in [9.17, 15) is 9.59 Å². The largest absolute Gasteiger partial charge is 0.355 e. The lowest BCUT2D eigenvalue weighted by molar-refractivity contribution is 0.101. The number of carbonyl (C=O) groups is 2. The summed E-state index contributed by atoms with van der Waals surface area (Å²) in [5.41, 5.74) is 5.44. The predicted octanol–water partition coefficient (Wildman–Crippen LogP) is 4.31. The number of carbonyl (C=O) groups excluding carboxylic acids is 2. The second kappa shape index (κ2) is 6.91. The summed E-state index contributed by atoms with van der Waals surface area (Å²) >= 11 is 1.35. The van der Waals surface area contributed by atoms with Crippen LogP contribution in [-0.2, 0) is 0 Å². The highest BCUT2D eigenvalue weighted by atomic mass is 32.2. The van der Waals surface area contributed by atoms with Crippen LogP contribution in [-0.4, -0.2) is 36.9 Å². The quantitative estimate of drug-likeness (QED) is 0.404. The number of nitrogens with one attached hydrogen (secondary N) is 1. The summed E-state index contributed by atoms with van der Waals surface area (Å²) in [4.78, 5) is 27.7. The number of pyridine rings is 1. The number of aromatic amines is 1. The molecule has 28 heavy (non-hydrogen) atoms. The zero-order chi connectivity index (χ0) is 20.0. The van der Waals surface area contributed by atoms with Crippen LogP contribution < -0.4 is 0 Å². The van der Waals surface area contributed by atoms with E-state index in [2.05, 4.69) is 28.2 Å². The second-order valence-electron chi connectivity index (χ2n) is 6.91. The molecule has 1 N–H and O–H groups in total. The average Bonchev–Trinajstić information content (AvgIpc) is 3.20. The molecular formula is C21H20N4O2S. The van der Waals surface area contributed by atoms with Crippen LogP contribution in [0.3, 0.4) is 0 Å². The van der Waals surface area contributed by atoms with Gasteiger partial charge in [0.25, 0.3) is 0 Å². The molecule has 7 heteroatoms. The molecule has 0 aliphatic rings. The van der Waals surface area contributed by atoms with Gasteiger partial charge in [0.1, 0.15) is 0 Å². The van der Waals surface area contributed by atoms with E-state index in [0.29, 0.717) is 22.0 Å². The molecule has 0 unspecified atom stereocenters. The Bertz CT molecular complexity index is 1250. The molecule has 0 amide bonds. The number of benzene rings is 1. The molecule has 0 atom stereocenters. The lowest BCUT2D eigenvalue weighted by Crippen LogP contribution is -2.06. The zero-order valence-electron chi connectivity index (χ0n) is 16.2. The van der Waals surface area contributed by atoms with Crippen LogP contribution in [0, 0.1) is 20.8 Å². The number of aryl methyl sites for hydroxylation is 2. The van der Waals surface area contributed by atoms with Gasteiger partial charge in [-0.3, -0.25) is 14.0 Å². The van der Waals surface area contributed by atoms with Crippen LogP contribution in [0.2, 0.25) is 0 Å². The minimum atomic E-state index is -0.0636. The standard InChI is InChI=1S/C21H20N4O2S/c1-11-9-18-23-24-21(25(18)16-8-6-5-7-15(11)16)28-10-17(27)20-12(2)19(14(4)26)13(3)22-20/h5-9,22H,10H2,1-4H3. The van der Waals surface area contributed by atoms with E-state index in [-0.39, 0.29) is 17.3 Å². The number of hydrogen-bond donors (Lipinski definition) is 1. The second-order valence-corrected chi connectivity index (χ2v) is 7.86. The molecule has 0 saturated carbocycles. The van der Waals surface area contributed by atoms with Gasteiger partial charge in [0.15, 0.2) is 22.4 Å². The Morgan fingerprint density at radius 2 is 1.89 bits per heavy atom. The fraction of sp³-hybridized carbons (Fsp3) is 0.238. The summed E-state index contributed by atoms with van der Waals surface area (Å²) in [6.07, 6.45) is 0. The molecule has 4 aromatic rings. The van der Waals surface area contributed by atoms with Crippen molar-refractivity contribution >= 4 is 39.9 Å². The first-order valence-electron chi connectivity index (χ1n) is 8.98. The van der Waals surface area contributed by atoms with E-state index in [4.69, 9.17) is 0 Å². The summed E-state index contributed by atoms with van der Waals surface area (Å²) < 4.78 is 1.98. The van der Waals surface area contributed by atoms with Crippen molar-refractivity contribution in [3.63, 3.8) is 0 Å². The zero-order valence-corrected chi connectivity index (χ0v) is 17.0. The van der Waals surface area contributed by atoms with E-state index < -0.39 is 0 Å². The minimum absolute atomic E-state index is 0.0387. The van der Waals surface area contributed by atoms with Crippen LogP contribution in [0.4, 0.5) is 0 Å². The van der Waals surface area contributed by atoms with Gasteiger partial charge in [-0.25, -0.2) is 0 Å². The van der Waals surface area contributed by atoms with Gasteiger partial charge in [-0.2, -0.15) is 0 Å². The number of aromatic nitrogens is 4. The summed E-state index contributed by atoms with van der Waals surface area (Å²) in [6.45, 7) is 7.19. The van der Waals surface area contributed by atoms with Crippen molar-refractivity contribution in [3.05, 3.63) is 58.4 Å². The number of Topliss-reactive ketones (excluding diaryl/α,β-unsaturated/α-hetero) is 2. The van der Waals surface area contributed by atoms with E-state index in [0.717, 1.165) is 27.8 Å². The van der Waals surface area contributed by atoms with Gasteiger partial charge in [-0.1, -0.05) is 30.0 Å². The molecule has 0 aliphatic carbocycles. The van der Waals surface area contributed by atoms with E-state index >= 15 is 0 Å². The van der Waals surface area contributed by atoms with Crippen molar-refractivity contribution in [3.8, 4) is 0 Å². The molecule has 3 aromatic heterocycles. The highest BCUT2D eigenvalue weighted by molar-refractivity contribution is 7.99. The maximum atomic E-state index is 12.8. The fourth-order valence-electron chi connectivity index (χ4n) is 3.73. The average molecular weight is 392 g/mol. The molecule has 0 spiro atoms. The number of para-hydroxylation sites is 1. The SMILES string of the molecule is CC(=O)c1c(C)[nH]c(C(=O)CSc2nnc3cc(C)c4ccccc4n23)c1C. The summed E-state index contributed by atoms with van der Waals surface area (Å²) in [5, 5.41) is 10.4. The summed E-state index contributed by atoms with van der Waals surface area (Å²) in [7, 11) is 0. The molecule has 0 fully saturated rings. The first kappa shape index (κ1) is 18.4. The van der Waals surface area contributed by atoms with Gasteiger partial charge in [0.2, 0.25) is 0 Å². The Balaban J connectivity index is 1.67. The molecule has 0 bridgehead atoms. The molecule has 142 valence electrons. The summed E-state index contributed by atoms with van der Waals surface area (Å²) in [5.74, 6) is 0.107. The third-order valence-electron chi connectivity index (χ3n) is 4.97. The smallest absolute Gasteiger partial charge is 0.196 e. The highest BCUT2D eigenvalue weighted by Crippen LogP contribution is 2.27. The normalized spacial score (nSPS) is 11.4. The van der Waals surface area contributed by atoms with Gasteiger partial charge < -0.3 is 4.98 Å². The Morgan fingerprint density at radius 3 is 2.61 bits per heavy atom. The topological polar surface area (TPSA) is 80.1 Å². The number of rotatable bonds is 5. The van der Waals surface area contributed by atoms with Crippen molar-refractivity contribution < 1.29 is 9.59 Å². The molecule has 4 rings (SSSR count). The monoisotopic (exact) mass is 392 g/mol. The lowest BCUT2D eigenvalue weighted by atomic mass is 10.1. The number of fused-ring (bicyclic) bond motifs is 3. The summed E-state index contributed by atoms with van der Waals surface area (Å²) in [6, 6.07) is 10.1. The number of hydrogen-bond acceptors (Lipinski definition) is 5. The highest BCUT2D eigenvalue weighted by Gasteiger charge is 2.21. The van der Waals surface area contributed by atoms with Crippen molar-refractivity contribution in [1.82, 2.24) is 19.6 Å². The van der Waals surface area contributed by atoms with E-state index in [1.165, 1.54) is 18.7 Å². The molecular weight excluding hydrogens is 372 g/mol. The first-order valence-corrected chi connectivity index (χ1v) is 9.96. The third kappa shape index (κ3) is 2.92. The van der Waals surface area contributed by atoms with Crippen LogP contribution in [0.1, 0.15) is 44.6 Å². The van der Waals surface area contributed by atoms with Crippen LogP contribution in [0.5, 0.6) is 0 Å². The number of thioether (sulfide) groups is 1. The van der Waals surface area contributed by atoms with Gasteiger partial charge in [0, 0.05) is 16.6 Å². The number of nitrogens with zero attached hydrogens (tertiary/aromatic N) is 3. The third-order valence-corrected chi connectivity index (χ3v) is 5.90. The molecule has 3 heterocycles. The molecule has 1 aromatic carbocycles. The molecule has 6 nitrogen and oxygen atoms in total. The number of H-pyrrole nitrogens is 1. The van der Waals surface area contributed by atoms with E-state index in [1.807, 2.05) is 35.6 Å². The van der Waals surface area contributed by atoms with Crippen molar-refractivity contribution in [1.29, 1.82) is 0 Å². The Hall–Kier alpha value is -2.93. The van der Waals surface area contributed by atoms with Crippen LogP contribution in [0.25, 0.3) is 16.6 Å². The minimum Gasteiger partial charge on any atom is -0.355 e. The lowest BCUT2D eigenvalue weighted by Gasteiger charge is -2.07. The van der Waals surface area contributed by atoms with E-state index in [1.54, 1.807) is 6.92 Å². The molecule has 0 saturated heterocycles. The van der Waals surface area contributed by atoms with Gasteiger partial charge in [-0.15, -0.1) is 10.2 Å². The molecule has 0 aliphatic heterocycles. The maximum absolute atomic E-state index is 12.8. The van der Waals surface area contributed by atoms with Gasteiger partial charge >= 0.3 is 0 Å². The van der Waals surface area contributed by atoms with Crippen LogP contribution >= 0.6 is 11.8 Å². The van der Waals surface area contributed by atoms with Crippen molar-refractivity contribution in [2.45, 2.75) is 32.9 Å².